The average Bonchev–Trinajstić information content (AvgIpc) is 3.31. The van der Waals surface area contributed by atoms with Crippen LogP contribution < -0.4 is 5.32 Å². The molecule has 1 fully saturated rings. The summed E-state index contributed by atoms with van der Waals surface area (Å²) in [4.78, 5) is 16.9. The van der Waals surface area contributed by atoms with Crippen LogP contribution >= 0.6 is 0 Å². The van der Waals surface area contributed by atoms with E-state index in [4.69, 9.17) is 0 Å². The van der Waals surface area contributed by atoms with Crippen LogP contribution in [0.15, 0.2) is 48.8 Å². The molecule has 1 amide bonds. The molecule has 1 aromatic carbocycles. The SMILES string of the molecule is Cc1ccc(-c2cc(C(=O)NC3CC3)cc(-n3nccc3C(F)(F)F)c2)nc1. The van der Waals surface area contributed by atoms with Gasteiger partial charge in [-0.05, 0) is 55.7 Å². The van der Waals surface area contributed by atoms with E-state index < -0.39 is 11.9 Å². The third-order valence-electron chi connectivity index (χ3n) is 4.48. The Hall–Kier alpha value is -3.16. The van der Waals surface area contributed by atoms with Crippen molar-refractivity contribution in [2.75, 3.05) is 0 Å². The van der Waals surface area contributed by atoms with E-state index in [9.17, 15) is 18.0 Å². The van der Waals surface area contributed by atoms with E-state index in [1.54, 1.807) is 24.4 Å². The summed E-state index contributed by atoms with van der Waals surface area (Å²) in [6.07, 6.45) is 0.0139. The fourth-order valence-corrected chi connectivity index (χ4v) is 2.87. The van der Waals surface area contributed by atoms with Gasteiger partial charge in [0.05, 0.1) is 17.6 Å². The number of nitrogens with one attached hydrogen (secondary N) is 1. The third-order valence-corrected chi connectivity index (χ3v) is 4.48. The molecule has 28 heavy (non-hydrogen) atoms. The molecule has 0 unspecified atom stereocenters. The Morgan fingerprint density at radius 2 is 1.96 bits per heavy atom. The number of rotatable bonds is 4. The maximum Gasteiger partial charge on any atom is 0.433 e. The van der Waals surface area contributed by atoms with Crippen LogP contribution in [0.2, 0.25) is 0 Å². The summed E-state index contributed by atoms with van der Waals surface area (Å²) in [7, 11) is 0. The van der Waals surface area contributed by atoms with Gasteiger partial charge < -0.3 is 5.32 Å². The molecule has 1 aliphatic rings. The number of halogens is 3. The maximum atomic E-state index is 13.3. The number of carbonyl (C=O) groups is 1. The Bertz CT molecular complexity index is 1020. The van der Waals surface area contributed by atoms with Gasteiger partial charge in [-0.15, -0.1) is 0 Å². The van der Waals surface area contributed by atoms with Gasteiger partial charge in [-0.3, -0.25) is 9.78 Å². The molecule has 1 aliphatic carbocycles. The van der Waals surface area contributed by atoms with Crippen molar-refractivity contribution in [1.29, 1.82) is 0 Å². The summed E-state index contributed by atoms with van der Waals surface area (Å²) >= 11 is 0. The van der Waals surface area contributed by atoms with Gasteiger partial charge in [0.2, 0.25) is 0 Å². The van der Waals surface area contributed by atoms with Crippen molar-refractivity contribution in [3.05, 3.63) is 65.6 Å². The van der Waals surface area contributed by atoms with Crippen molar-refractivity contribution < 1.29 is 18.0 Å². The molecule has 0 atom stereocenters. The zero-order valence-electron chi connectivity index (χ0n) is 15.0. The number of carbonyl (C=O) groups excluding carboxylic acids is 1. The molecule has 1 N–H and O–H groups in total. The summed E-state index contributed by atoms with van der Waals surface area (Å²) in [5, 5.41) is 6.68. The number of hydrogen-bond donors (Lipinski definition) is 1. The minimum Gasteiger partial charge on any atom is -0.349 e. The summed E-state index contributed by atoms with van der Waals surface area (Å²) in [5.74, 6) is -0.321. The monoisotopic (exact) mass is 386 g/mol. The van der Waals surface area contributed by atoms with Crippen LogP contribution in [-0.2, 0) is 6.18 Å². The fourth-order valence-electron chi connectivity index (χ4n) is 2.87. The highest BCUT2D eigenvalue weighted by Gasteiger charge is 2.35. The number of pyridine rings is 1. The number of amides is 1. The lowest BCUT2D eigenvalue weighted by Gasteiger charge is -2.14. The Morgan fingerprint density at radius 1 is 1.18 bits per heavy atom. The van der Waals surface area contributed by atoms with Gasteiger partial charge in [-0.25, -0.2) is 4.68 Å². The van der Waals surface area contributed by atoms with Crippen LogP contribution in [0.1, 0.15) is 34.5 Å². The van der Waals surface area contributed by atoms with E-state index >= 15 is 0 Å². The molecule has 144 valence electrons. The van der Waals surface area contributed by atoms with E-state index in [1.807, 2.05) is 13.0 Å². The van der Waals surface area contributed by atoms with Gasteiger partial charge >= 0.3 is 6.18 Å². The second-order valence-corrected chi connectivity index (χ2v) is 6.86. The van der Waals surface area contributed by atoms with E-state index in [-0.39, 0.29) is 23.2 Å². The summed E-state index contributed by atoms with van der Waals surface area (Å²) in [5.41, 5.74) is 1.58. The lowest BCUT2D eigenvalue weighted by Crippen LogP contribution is -2.25. The molecular weight excluding hydrogens is 369 g/mol. The van der Waals surface area contributed by atoms with Crippen LogP contribution in [0.4, 0.5) is 13.2 Å². The maximum absolute atomic E-state index is 13.3. The van der Waals surface area contributed by atoms with E-state index in [0.29, 0.717) is 11.3 Å². The molecule has 8 heteroatoms. The van der Waals surface area contributed by atoms with Crippen LogP contribution in [0, 0.1) is 6.92 Å². The van der Waals surface area contributed by atoms with Crippen molar-refractivity contribution in [2.45, 2.75) is 32.0 Å². The molecule has 0 bridgehead atoms. The highest BCUT2D eigenvalue weighted by molar-refractivity contribution is 5.96. The Kier molecular flexibility index (Phi) is 4.41. The molecule has 5 nitrogen and oxygen atoms in total. The first kappa shape index (κ1) is 18.2. The second kappa shape index (κ2) is 6.78. The van der Waals surface area contributed by atoms with Crippen molar-refractivity contribution in [3.8, 4) is 16.9 Å². The van der Waals surface area contributed by atoms with Crippen molar-refractivity contribution >= 4 is 5.91 Å². The minimum absolute atomic E-state index is 0.132. The first-order valence-corrected chi connectivity index (χ1v) is 8.82. The number of benzene rings is 1. The van der Waals surface area contributed by atoms with E-state index in [1.165, 1.54) is 6.07 Å². The van der Waals surface area contributed by atoms with Crippen LogP contribution in [-0.4, -0.2) is 26.7 Å². The zero-order valence-corrected chi connectivity index (χ0v) is 15.0. The molecule has 2 heterocycles. The number of alkyl halides is 3. The fraction of sp³-hybridized carbons (Fsp3) is 0.250. The zero-order chi connectivity index (χ0) is 19.9. The smallest absolute Gasteiger partial charge is 0.349 e. The first-order valence-electron chi connectivity index (χ1n) is 8.82. The van der Waals surface area contributed by atoms with Crippen LogP contribution in [0.3, 0.4) is 0 Å². The molecule has 0 radical (unpaired) electrons. The Balaban J connectivity index is 1.83. The van der Waals surface area contributed by atoms with Crippen molar-refractivity contribution in [2.24, 2.45) is 0 Å². The van der Waals surface area contributed by atoms with E-state index in [0.717, 1.165) is 35.4 Å². The molecule has 0 saturated heterocycles. The van der Waals surface area contributed by atoms with Crippen LogP contribution in [0.25, 0.3) is 16.9 Å². The van der Waals surface area contributed by atoms with Gasteiger partial charge in [0.1, 0.15) is 5.69 Å². The first-order chi connectivity index (χ1) is 13.3. The summed E-state index contributed by atoms with van der Waals surface area (Å²) < 4.78 is 40.8. The summed E-state index contributed by atoms with van der Waals surface area (Å²) in [6.45, 7) is 1.89. The third kappa shape index (κ3) is 3.76. The Morgan fingerprint density at radius 3 is 2.61 bits per heavy atom. The molecule has 0 spiro atoms. The highest BCUT2D eigenvalue weighted by atomic mass is 19.4. The Labute approximate surface area is 159 Å². The number of hydrogen-bond acceptors (Lipinski definition) is 3. The predicted octanol–water partition coefficient (Wildman–Crippen LogP) is 4.15. The van der Waals surface area contributed by atoms with E-state index in [2.05, 4.69) is 15.4 Å². The molecular formula is C20H17F3N4O. The highest BCUT2D eigenvalue weighted by Crippen LogP contribution is 2.32. The van der Waals surface area contributed by atoms with Gasteiger partial charge in [0.15, 0.2) is 0 Å². The average molecular weight is 386 g/mol. The van der Waals surface area contributed by atoms with Gasteiger partial charge in [0.25, 0.3) is 5.91 Å². The van der Waals surface area contributed by atoms with Gasteiger partial charge in [-0.1, -0.05) is 6.07 Å². The minimum atomic E-state index is -4.56. The standard InChI is InChI=1S/C20H17F3N4O/c1-12-2-5-17(24-11-12)13-8-14(19(28)26-15-3-4-15)10-16(9-13)27-18(6-7-25-27)20(21,22)23/h2,5-11,15H,3-4H2,1H3,(H,26,28). The molecule has 0 aliphatic heterocycles. The molecule has 2 aromatic heterocycles. The van der Waals surface area contributed by atoms with Crippen molar-refractivity contribution in [3.63, 3.8) is 0 Å². The molecule has 4 rings (SSSR count). The topological polar surface area (TPSA) is 59.8 Å². The molecule has 3 aromatic rings. The molecule has 1 saturated carbocycles. The quantitative estimate of drug-likeness (QED) is 0.733. The second-order valence-electron chi connectivity index (χ2n) is 6.86. The normalized spacial score (nSPS) is 14.1. The lowest BCUT2D eigenvalue weighted by atomic mass is 10.0. The largest absolute Gasteiger partial charge is 0.433 e. The van der Waals surface area contributed by atoms with Crippen LogP contribution in [0.5, 0.6) is 0 Å². The van der Waals surface area contributed by atoms with Crippen molar-refractivity contribution in [1.82, 2.24) is 20.1 Å². The van der Waals surface area contributed by atoms with Gasteiger partial charge in [0, 0.05) is 23.4 Å². The number of aryl methyl sites for hydroxylation is 1. The predicted molar refractivity (Wildman–Crippen MR) is 97.0 cm³/mol. The summed E-state index contributed by atoms with van der Waals surface area (Å²) in [6, 6.07) is 9.26. The van der Waals surface area contributed by atoms with Gasteiger partial charge in [-0.2, -0.15) is 18.3 Å². The number of nitrogens with zero attached hydrogens (tertiary/aromatic N) is 3. The lowest BCUT2D eigenvalue weighted by molar-refractivity contribution is -0.142. The number of aromatic nitrogens is 3.